The molecule has 1 atom stereocenters. The fraction of sp³-hybridized carbons (Fsp3) is 0.115. The van der Waals surface area contributed by atoms with E-state index in [4.69, 9.17) is 0 Å². The molecule has 5 nitrogen and oxygen atoms in total. The summed E-state index contributed by atoms with van der Waals surface area (Å²) in [6, 6.07) is 26.3. The molecule has 33 heavy (non-hydrogen) atoms. The maximum Gasteiger partial charge on any atom is 0.269 e. The molecule has 1 heterocycles. The van der Waals surface area contributed by atoms with Gasteiger partial charge in [-0.05, 0) is 54.8 Å². The zero-order chi connectivity index (χ0) is 23.4. The van der Waals surface area contributed by atoms with Crippen LogP contribution in [-0.4, -0.2) is 17.1 Å². The van der Waals surface area contributed by atoms with Crippen molar-refractivity contribution in [2.45, 2.75) is 18.6 Å². The SMILES string of the molecule is Cc1ccccc1NC(=O)/C(C#N)=C1\S[C@@H](Cc2ccc(Br)cc2)C(=O)N1c1ccccc1. The van der Waals surface area contributed by atoms with Crippen LogP contribution in [0.25, 0.3) is 0 Å². The molecule has 0 spiro atoms. The van der Waals surface area contributed by atoms with Crippen molar-refractivity contribution in [1.82, 2.24) is 0 Å². The first-order chi connectivity index (χ1) is 16.0. The number of nitrogens with one attached hydrogen (secondary N) is 1. The summed E-state index contributed by atoms with van der Waals surface area (Å²) in [4.78, 5) is 28.1. The second kappa shape index (κ2) is 10.1. The Morgan fingerprint density at radius 3 is 2.39 bits per heavy atom. The summed E-state index contributed by atoms with van der Waals surface area (Å²) in [6.45, 7) is 1.88. The Morgan fingerprint density at radius 1 is 1.06 bits per heavy atom. The van der Waals surface area contributed by atoms with Crippen molar-refractivity contribution in [2.24, 2.45) is 0 Å². The molecule has 1 N–H and O–H groups in total. The molecule has 1 saturated heterocycles. The topological polar surface area (TPSA) is 73.2 Å². The lowest BCUT2D eigenvalue weighted by atomic mass is 10.1. The van der Waals surface area contributed by atoms with Gasteiger partial charge in [-0.3, -0.25) is 14.5 Å². The zero-order valence-corrected chi connectivity index (χ0v) is 20.2. The molecule has 0 saturated carbocycles. The second-order valence-corrected chi connectivity index (χ2v) is 9.61. The third kappa shape index (κ3) is 5.03. The molecule has 1 aliphatic heterocycles. The van der Waals surface area contributed by atoms with E-state index in [1.165, 1.54) is 16.7 Å². The van der Waals surface area contributed by atoms with Gasteiger partial charge in [0.25, 0.3) is 5.91 Å². The van der Waals surface area contributed by atoms with Gasteiger partial charge in [0.05, 0.1) is 5.25 Å². The number of thioether (sulfide) groups is 1. The van der Waals surface area contributed by atoms with E-state index in [0.717, 1.165) is 15.6 Å². The van der Waals surface area contributed by atoms with Crippen molar-refractivity contribution >= 4 is 50.9 Å². The van der Waals surface area contributed by atoms with Crippen LogP contribution in [0.5, 0.6) is 0 Å². The van der Waals surface area contributed by atoms with Crippen LogP contribution in [0.2, 0.25) is 0 Å². The third-order valence-corrected chi connectivity index (χ3v) is 7.04. The molecule has 4 rings (SSSR count). The Hall–Kier alpha value is -3.34. The van der Waals surface area contributed by atoms with E-state index in [-0.39, 0.29) is 11.5 Å². The fourth-order valence-corrected chi connectivity index (χ4v) is 5.10. The van der Waals surface area contributed by atoms with Crippen LogP contribution in [0.4, 0.5) is 11.4 Å². The van der Waals surface area contributed by atoms with Gasteiger partial charge in [-0.25, -0.2) is 0 Å². The number of nitriles is 1. The lowest BCUT2D eigenvalue weighted by Crippen LogP contribution is -2.30. The number of carbonyl (C=O) groups excluding carboxylic acids is 2. The van der Waals surface area contributed by atoms with Gasteiger partial charge in [-0.15, -0.1) is 0 Å². The quantitative estimate of drug-likeness (QED) is 0.341. The standard InChI is InChI=1S/C26H20BrN3O2S/c1-17-7-5-6-10-22(17)29-24(31)21(16-28)26-30(20-8-3-2-4-9-20)25(32)23(33-26)15-18-11-13-19(27)14-12-18/h2-14,23H,15H2,1H3,(H,29,31)/b26-21-/t23-/m0/s1. The van der Waals surface area contributed by atoms with Crippen molar-refractivity contribution in [3.8, 4) is 6.07 Å². The number of hydrogen-bond donors (Lipinski definition) is 1. The van der Waals surface area contributed by atoms with Gasteiger partial charge in [0.15, 0.2) is 0 Å². The number of anilines is 2. The minimum absolute atomic E-state index is 0.0845. The van der Waals surface area contributed by atoms with Gasteiger partial charge in [-0.1, -0.05) is 76.2 Å². The van der Waals surface area contributed by atoms with Crippen molar-refractivity contribution in [3.63, 3.8) is 0 Å². The molecule has 164 valence electrons. The molecule has 0 aromatic heterocycles. The Morgan fingerprint density at radius 2 is 1.73 bits per heavy atom. The van der Waals surface area contributed by atoms with Crippen LogP contribution in [0.3, 0.4) is 0 Å². The van der Waals surface area contributed by atoms with Crippen molar-refractivity contribution < 1.29 is 9.59 Å². The molecule has 0 aliphatic carbocycles. The summed E-state index contributed by atoms with van der Waals surface area (Å²) in [5, 5.41) is 12.7. The maximum absolute atomic E-state index is 13.5. The van der Waals surface area contributed by atoms with Gasteiger partial charge in [0, 0.05) is 15.8 Å². The molecule has 0 unspecified atom stereocenters. The van der Waals surface area contributed by atoms with E-state index in [0.29, 0.717) is 22.8 Å². The lowest BCUT2D eigenvalue weighted by molar-refractivity contribution is -0.117. The summed E-state index contributed by atoms with van der Waals surface area (Å²) in [5.41, 5.74) is 3.05. The zero-order valence-electron chi connectivity index (χ0n) is 17.8. The van der Waals surface area contributed by atoms with E-state index in [1.807, 2.05) is 73.7 Å². The summed E-state index contributed by atoms with van der Waals surface area (Å²) in [6.07, 6.45) is 0.488. The second-order valence-electron chi connectivity index (χ2n) is 7.51. The Labute approximate surface area is 205 Å². The largest absolute Gasteiger partial charge is 0.321 e. The maximum atomic E-state index is 13.5. The van der Waals surface area contributed by atoms with Crippen molar-refractivity contribution in [1.29, 1.82) is 5.26 Å². The average molecular weight is 518 g/mol. The van der Waals surface area contributed by atoms with Gasteiger partial charge >= 0.3 is 0 Å². The molecule has 2 amide bonds. The number of hydrogen-bond acceptors (Lipinski definition) is 4. The predicted octanol–water partition coefficient (Wildman–Crippen LogP) is 5.82. The number of nitrogens with zero attached hydrogens (tertiary/aromatic N) is 2. The number of rotatable bonds is 5. The molecule has 1 fully saturated rings. The number of benzene rings is 3. The number of para-hydroxylation sites is 2. The van der Waals surface area contributed by atoms with E-state index in [1.54, 1.807) is 18.2 Å². The molecule has 0 radical (unpaired) electrons. The Kier molecular flexibility index (Phi) is 6.97. The average Bonchev–Trinajstić information content (AvgIpc) is 3.13. The van der Waals surface area contributed by atoms with Gasteiger partial charge in [-0.2, -0.15) is 5.26 Å². The van der Waals surface area contributed by atoms with Crippen LogP contribution >= 0.6 is 27.7 Å². The molecule has 7 heteroatoms. The first kappa shape index (κ1) is 22.8. The van der Waals surface area contributed by atoms with Crippen LogP contribution in [-0.2, 0) is 16.0 Å². The highest BCUT2D eigenvalue weighted by molar-refractivity contribution is 9.10. The van der Waals surface area contributed by atoms with E-state index in [2.05, 4.69) is 21.2 Å². The summed E-state index contributed by atoms with van der Waals surface area (Å²) < 4.78 is 0.961. The Bertz CT molecular complexity index is 1270. The summed E-state index contributed by atoms with van der Waals surface area (Å²) in [5.74, 6) is -0.687. The van der Waals surface area contributed by atoms with Crippen LogP contribution < -0.4 is 10.2 Å². The van der Waals surface area contributed by atoms with Gasteiger partial charge in [0.2, 0.25) is 5.91 Å². The van der Waals surface area contributed by atoms with Crippen molar-refractivity contribution in [3.05, 3.63) is 105 Å². The number of aryl methyl sites for hydroxylation is 1. The van der Waals surface area contributed by atoms with E-state index >= 15 is 0 Å². The number of amides is 2. The first-order valence-corrected chi connectivity index (χ1v) is 12.0. The fourth-order valence-electron chi connectivity index (χ4n) is 3.53. The van der Waals surface area contributed by atoms with E-state index < -0.39 is 11.2 Å². The van der Waals surface area contributed by atoms with Crippen molar-refractivity contribution in [2.75, 3.05) is 10.2 Å². The first-order valence-electron chi connectivity index (χ1n) is 10.3. The summed E-state index contributed by atoms with van der Waals surface area (Å²) >= 11 is 4.69. The monoisotopic (exact) mass is 517 g/mol. The molecular formula is C26H20BrN3O2S. The summed E-state index contributed by atoms with van der Waals surface area (Å²) in [7, 11) is 0. The molecule has 1 aliphatic rings. The minimum atomic E-state index is -0.535. The minimum Gasteiger partial charge on any atom is -0.321 e. The molecule has 3 aromatic rings. The number of carbonyl (C=O) groups is 2. The normalized spacial score (nSPS) is 16.9. The molecule has 3 aromatic carbocycles. The highest BCUT2D eigenvalue weighted by atomic mass is 79.9. The van der Waals surface area contributed by atoms with Crippen LogP contribution in [0, 0.1) is 18.3 Å². The van der Waals surface area contributed by atoms with Crippen LogP contribution in [0.1, 0.15) is 11.1 Å². The highest BCUT2D eigenvalue weighted by Crippen LogP contribution is 2.42. The lowest BCUT2D eigenvalue weighted by Gasteiger charge is -2.18. The highest BCUT2D eigenvalue weighted by Gasteiger charge is 2.40. The van der Waals surface area contributed by atoms with Gasteiger partial charge in [0.1, 0.15) is 16.7 Å². The van der Waals surface area contributed by atoms with E-state index in [9.17, 15) is 14.9 Å². The predicted molar refractivity (Wildman–Crippen MR) is 136 cm³/mol. The Balaban J connectivity index is 1.72. The molecular weight excluding hydrogens is 498 g/mol. The van der Waals surface area contributed by atoms with Gasteiger partial charge < -0.3 is 5.32 Å². The smallest absolute Gasteiger partial charge is 0.269 e. The van der Waals surface area contributed by atoms with Crippen LogP contribution in [0.15, 0.2) is 93.9 Å². The molecule has 0 bridgehead atoms. The third-order valence-electron chi connectivity index (χ3n) is 5.25. The number of halogens is 1.